The summed E-state index contributed by atoms with van der Waals surface area (Å²) in [6.07, 6.45) is 6.06. The Hall–Kier alpha value is -1.82. The lowest BCUT2D eigenvalue weighted by molar-refractivity contribution is -0.146. The van der Waals surface area contributed by atoms with E-state index in [-0.39, 0.29) is 17.8 Å². The molecule has 0 radical (unpaired) electrons. The van der Waals surface area contributed by atoms with Crippen LogP contribution in [0.2, 0.25) is 0 Å². The Kier molecular flexibility index (Phi) is 7.50. The van der Waals surface area contributed by atoms with Gasteiger partial charge in [0.15, 0.2) is 5.76 Å². The van der Waals surface area contributed by atoms with Crippen molar-refractivity contribution in [1.82, 2.24) is 9.80 Å². The fourth-order valence-electron chi connectivity index (χ4n) is 3.47. The number of carbonyl (C=O) groups excluding carboxylic acids is 2. The van der Waals surface area contributed by atoms with Gasteiger partial charge in [0.25, 0.3) is 5.91 Å². The average molecular weight is 350 g/mol. The van der Waals surface area contributed by atoms with E-state index in [9.17, 15) is 9.59 Å². The lowest BCUT2D eigenvalue weighted by Crippen LogP contribution is -2.38. The van der Waals surface area contributed by atoms with Gasteiger partial charge in [-0.1, -0.05) is 0 Å². The molecule has 0 N–H and O–H groups in total. The van der Waals surface area contributed by atoms with Gasteiger partial charge in [0, 0.05) is 13.1 Å². The first-order valence-corrected chi connectivity index (χ1v) is 9.06. The molecule has 1 heterocycles. The van der Waals surface area contributed by atoms with E-state index in [0.717, 1.165) is 45.2 Å². The van der Waals surface area contributed by atoms with E-state index in [1.165, 1.54) is 13.4 Å². The lowest BCUT2D eigenvalue weighted by atomic mass is 9.81. The minimum Gasteiger partial charge on any atom is -0.469 e. The highest BCUT2D eigenvalue weighted by Gasteiger charge is 2.29. The van der Waals surface area contributed by atoms with Gasteiger partial charge in [0.05, 0.1) is 19.3 Å². The molecule has 1 aromatic heterocycles. The van der Waals surface area contributed by atoms with Crippen LogP contribution in [-0.4, -0.2) is 62.5 Å². The van der Waals surface area contributed by atoms with Crippen molar-refractivity contribution in [2.75, 3.05) is 40.8 Å². The number of furan rings is 1. The first-order chi connectivity index (χ1) is 12.0. The van der Waals surface area contributed by atoms with E-state index < -0.39 is 0 Å². The second-order valence-electron chi connectivity index (χ2n) is 7.13. The van der Waals surface area contributed by atoms with Gasteiger partial charge in [-0.2, -0.15) is 0 Å². The van der Waals surface area contributed by atoms with E-state index in [1.54, 1.807) is 12.1 Å². The summed E-state index contributed by atoms with van der Waals surface area (Å²) in [5, 5.41) is 0. The third-order valence-corrected chi connectivity index (χ3v) is 4.91. The van der Waals surface area contributed by atoms with Gasteiger partial charge in [-0.15, -0.1) is 0 Å². The fraction of sp³-hybridized carbons (Fsp3) is 0.684. The van der Waals surface area contributed by atoms with Gasteiger partial charge < -0.3 is 19.0 Å². The van der Waals surface area contributed by atoms with Gasteiger partial charge in [-0.3, -0.25) is 9.59 Å². The van der Waals surface area contributed by atoms with Gasteiger partial charge in [-0.25, -0.2) is 0 Å². The summed E-state index contributed by atoms with van der Waals surface area (Å²) in [4.78, 5) is 28.4. The highest BCUT2D eigenvalue weighted by Crippen LogP contribution is 2.30. The largest absolute Gasteiger partial charge is 0.469 e. The van der Waals surface area contributed by atoms with Crippen LogP contribution in [0, 0.1) is 11.8 Å². The number of methoxy groups -OCH3 is 1. The van der Waals surface area contributed by atoms with Crippen LogP contribution in [0.25, 0.3) is 0 Å². The van der Waals surface area contributed by atoms with Crippen LogP contribution < -0.4 is 0 Å². The zero-order valence-electron chi connectivity index (χ0n) is 15.6. The zero-order chi connectivity index (χ0) is 18.2. The first-order valence-electron chi connectivity index (χ1n) is 9.06. The van der Waals surface area contributed by atoms with E-state index in [0.29, 0.717) is 18.2 Å². The Balaban J connectivity index is 1.91. The Morgan fingerprint density at radius 1 is 1.20 bits per heavy atom. The molecule has 1 amide bonds. The summed E-state index contributed by atoms with van der Waals surface area (Å²) >= 11 is 0. The van der Waals surface area contributed by atoms with Crippen molar-refractivity contribution in [3.63, 3.8) is 0 Å². The van der Waals surface area contributed by atoms with Crippen LogP contribution in [0.1, 0.15) is 42.7 Å². The highest BCUT2D eigenvalue weighted by molar-refractivity contribution is 5.91. The van der Waals surface area contributed by atoms with Crippen molar-refractivity contribution in [2.24, 2.45) is 11.8 Å². The lowest BCUT2D eigenvalue weighted by Gasteiger charge is -2.32. The maximum Gasteiger partial charge on any atom is 0.308 e. The zero-order valence-corrected chi connectivity index (χ0v) is 15.6. The van der Waals surface area contributed by atoms with E-state index >= 15 is 0 Å². The van der Waals surface area contributed by atoms with Crippen LogP contribution in [0.15, 0.2) is 22.8 Å². The number of rotatable bonds is 8. The monoisotopic (exact) mass is 350 g/mol. The molecule has 0 unspecified atom stereocenters. The molecule has 0 aliphatic heterocycles. The number of carbonyl (C=O) groups is 2. The van der Waals surface area contributed by atoms with Crippen molar-refractivity contribution >= 4 is 11.9 Å². The fourth-order valence-corrected chi connectivity index (χ4v) is 3.47. The van der Waals surface area contributed by atoms with Crippen molar-refractivity contribution in [3.05, 3.63) is 24.2 Å². The quantitative estimate of drug-likeness (QED) is 0.675. The normalized spacial score (nSPS) is 20.5. The Bertz CT molecular complexity index is 534. The van der Waals surface area contributed by atoms with Crippen molar-refractivity contribution < 1.29 is 18.7 Å². The van der Waals surface area contributed by atoms with Crippen LogP contribution in [-0.2, 0) is 9.53 Å². The first kappa shape index (κ1) is 19.5. The molecule has 0 aromatic carbocycles. The molecule has 1 aliphatic rings. The predicted molar refractivity (Wildman–Crippen MR) is 95.2 cm³/mol. The summed E-state index contributed by atoms with van der Waals surface area (Å²) in [7, 11) is 5.52. The number of hydrogen-bond donors (Lipinski definition) is 0. The minimum absolute atomic E-state index is 0.0178. The van der Waals surface area contributed by atoms with Crippen molar-refractivity contribution in [2.45, 2.75) is 32.1 Å². The highest BCUT2D eigenvalue weighted by atomic mass is 16.5. The van der Waals surface area contributed by atoms with E-state index in [1.807, 2.05) is 19.0 Å². The smallest absolute Gasteiger partial charge is 0.308 e. The molecule has 0 atom stereocenters. The summed E-state index contributed by atoms with van der Waals surface area (Å²) < 4.78 is 10.1. The standard InChI is InChI=1S/C19H30N2O4/c1-20(2)11-5-12-21(18(22)17-6-4-13-25-17)14-15-7-9-16(10-8-15)19(23)24-3/h4,6,13,15-16H,5,7-12,14H2,1-3H3. The van der Waals surface area contributed by atoms with Crippen LogP contribution in [0.4, 0.5) is 0 Å². The van der Waals surface area contributed by atoms with Gasteiger partial charge >= 0.3 is 5.97 Å². The Morgan fingerprint density at radius 3 is 2.48 bits per heavy atom. The molecule has 2 rings (SSSR count). The van der Waals surface area contributed by atoms with E-state index in [2.05, 4.69) is 4.90 Å². The third kappa shape index (κ3) is 5.88. The molecule has 1 fully saturated rings. The molecule has 0 saturated heterocycles. The van der Waals surface area contributed by atoms with Crippen LogP contribution in [0.3, 0.4) is 0 Å². The van der Waals surface area contributed by atoms with Gasteiger partial charge in [-0.05, 0) is 70.8 Å². The van der Waals surface area contributed by atoms with Crippen LogP contribution in [0.5, 0.6) is 0 Å². The second-order valence-corrected chi connectivity index (χ2v) is 7.13. The molecule has 0 spiro atoms. The Labute approximate surface area is 150 Å². The number of ether oxygens (including phenoxy) is 1. The second kappa shape index (κ2) is 9.61. The number of amides is 1. The number of hydrogen-bond acceptors (Lipinski definition) is 5. The SMILES string of the molecule is COC(=O)C1CCC(CN(CCCN(C)C)C(=O)c2ccco2)CC1. The minimum atomic E-state index is -0.104. The number of esters is 1. The molecular weight excluding hydrogens is 320 g/mol. The molecule has 6 nitrogen and oxygen atoms in total. The molecular formula is C19H30N2O4. The summed E-state index contributed by atoms with van der Waals surface area (Å²) in [6.45, 7) is 2.38. The molecule has 25 heavy (non-hydrogen) atoms. The van der Waals surface area contributed by atoms with Gasteiger partial charge in [0.1, 0.15) is 0 Å². The topological polar surface area (TPSA) is 63.0 Å². The third-order valence-electron chi connectivity index (χ3n) is 4.91. The predicted octanol–water partition coefficient (Wildman–Crippen LogP) is 2.65. The molecule has 1 saturated carbocycles. The van der Waals surface area contributed by atoms with Crippen molar-refractivity contribution in [3.8, 4) is 0 Å². The summed E-state index contributed by atoms with van der Waals surface area (Å²) in [5.41, 5.74) is 0. The average Bonchev–Trinajstić information content (AvgIpc) is 3.14. The maximum atomic E-state index is 12.7. The molecule has 0 bridgehead atoms. The molecule has 1 aliphatic carbocycles. The van der Waals surface area contributed by atoms with Crippen LogP contribution >= 0.6 is 0 Å². The molecule has 140 valence electrons. The molecule has 6 heteroatoms. The Morgan fingerprint density at radius 2 is 1.92 bits per heavy atom. The summed E-state index contributed by atoms with van der Waals surface area (Å²) in [6, 6.07) is 3.46. The van der Waals surface area contributed by atoms with Gasteiger partial charge in [0.2, 0.25) is 0 Å². The molecule has 1 aromatic rings. The van der Waals surface area contributed by atoms with E-state index in [4.69, 9.17) is 9.15 Å². The summed E-state index contributed by atoms with van der Waals surface area (Å²) in [5.74, 6) is 0.697. The van der Waals surface area contributed by atoms with Crippen molar-refractivity contribution in [1.29, 1.82) is 0 Å². The number of nitrogens with zero attached hydrogens (tertiary/aromatic N) is 2. The maximum absolute atomic E-state index is 12.7.